The lowest BCUT2D eigenvalue weighted by molar-refractivity contribution is -0.119. The lowest BCUT2D eigenvalue weighted by Gasteiger charge is -2.25. The Hall–Kier alpha value is -2.76. The zero-order valence-corrected chi connectivity index (χ0v) is 15.0. The molecule has 136 valence electrons. The van der Waals surface area contributed by atoms with Crippen molar-refractivity contribution in [1.82, 2.24) is 15.2 Å². The maximum Gasteiger partial charge on any atom is 0.254 e. The van der Waals surface area contributed by atoms with Crippen LogP contribution < -0.4 is 5.32 Å². The highest BCUT2D eigenvalue weighted by Crippen LogP contribution is 2.32. The van der Waals surface area contributed by atoms with Gasteiger partial charge in [0, 0.05) is 19.0 Å². The molecule has 26 heavy (non-hydrogen) atoms. The molecule has 2 amide bonds. The van der Waals surface area contributed by atoms with E-state index >= 15 is 0 Å². The fourth-order valence-corrected chi connectivity index (χ4v) is 3.21. The third-order valence-corrected chi connectivity index (χ3v) is 4.62. The molecule has 1 N–H and O–H groups in total. The van der Waals surface area contributed by atoms with Gasteiger partial charge < -0.3 is 10.2 Å². The van der Waals surface area contributed by atoms with E-state index < -0.39 is 0 Å². The molecule has 1 aromatic carbocycles. The van der Waals surface area contributed by atoms with Gasteiger partial charge in [-0.2, -0.15) is 0 Å². The van der Waals surface area contributed by atoms with Crippen molar-refractivity contribution < 1.29 is 14.0 Å². The highest BCUT2D eigenvalue weighted by Gasteiger charge is 2.31. The fourth-order valence-electron chi connectivity index (χ4n) is 3.21. The van der Waals surface area contributed by atoms with Gasteiger partial charge in [0.25, 0.3) is 5.91 Å². The number of aryl methyl sites for hydroxylation is 1. The van der Waals surface area contributed by atoms with Crippen LogP contribution in [-0.2, 0) is 11.3 Å². The number of pyridine rings is 1. The Labute approximate surface area is 152 Å². The van der Waals surface area contributed by atoms with Gasteiger partial charge in [-0.25, -0.2) is 4.39 Å². The van der Waals surface area contributed by atoms with Crippen LogP contribution in [0.25, 0.3) is 0 Å². The van der Waals surface area contributed by atoms with Crippen molar-refractivity contribution in [2.75, 3.05) is 6.54 Å². The second kappa shape index (κ2) is 7.64. The molecular weight excluding hydrogens is 333 g/mol. The second-order valence-corrected chi connectivity index (χ2v) is 6.58. The van der Waals surface area contributed by atoms with E-state index in [0.29, 0.717) is 24.2 Å². The summed E-state index contributed by atoms with van der Waals surface area (Å²) < 4.78 is 13.8. The monoisotopic (exact) mass is 355 g/mol. The third-order valence-electron chi connectivity index (χ3n) is 4.62. The molecular formula is C20H22FN3O2. The van der Waals surface area contributed by atoms with Gasteiger partial charge in [-0.15, -0.1) is 0 Å². The third kappa shape index (κ3) is 3.90. The van der Waals surface area contributed by atoms with E-state index in [1.165, 1.54) is 13.0 Å². The highest BCUT2D eigenvalue weighted by atomic mass is 19.1. The zero-order chi connectivity index (χ0) is 18.7. The number of hydrogen-bond donors (Lipinski definition) is 1. The summed E-state index contributed by atoms with van der Waals surface area (Å²) in [6, 6.07) is 10.1. The van der Waals surface area contributed by atoms with Crippen molar-refractivity contribution in [3.8, 4) is 0 Å². The van der Waals surface area contributed by atoms with Crippen molar-refractivity contribution in [2.45, 2.75) is 39.3 Å². The number of carbonyl (C=O) groups excluding carboxylic acids is 2. The molecule has 0 saturated carbocycles. The van der Waals surface area contributed by atoms with Crippen molar-refractivity contribution in [2.24, 2.45) is 0 Å². The number of likely N-dealkylation sites (tertiary alicyclic amines) is 1. The number of halogens is 1. The van der Waals surface area contributed by atoms with Crippen molar-refractivity contribution in [3.63, 3.8) is 0 Å². The van der Waals surface area contributed by atoms with E-state index in [1.807, 2.05) is 18.2 Å². The number of rotatable bonds is 4. The van der Waals surface area contributed by atoms with Crippen LogP contribution in [0.5, 0.6) is 0 Å². The Morgan fingerprint density at radius 1 is 1.31 bits per heavy atom. The predicted molar refractivity (Wildman–Crippen MR) is 95.9 cm³/mol. The molecule has 1 atom stereocenters. The molecule has 6 heteroatoms. The van der Waals surface area contributed by atoms with Crippen LogP contribution in [-0.4, -0.2) is 28.2 Å². The SMILES string of the molecule is CC(=O)NCc1cccc([C@H]2CCCN2C(=O)c2ccc(C)c(F)c2)n1. The van der Waals surface area contributed by atoms with Gasteiger partial charge in [-0.05, 0) is 49.6 Å². The van der Waals surface area contributed by atoms with Gasteiger partial charge in [0.2, 0.25) is 5.91 Å². The summed E-state index contributed by atoms with van der Waals surface area (Å²) in [5.41, 5.74) is 2.42. The van der Waals surface area contributed by atoms with Gasteiger partial charge in [0.05, 0.1) is 24.0 Å². The molecule has 1 aliphatic heterocycles. The summed E-state index contributed by atoms with van der Waals surface area (Å²) in [5, 5.41) is 2.73. The first kappa shape index (κ1) is 18.0. The number of hydrogen-bond acceptors (Lipinski definition) is 3. The number of benzene rings is 1. The molecule has 3 rings (SSSR count). The molecule has 1 fully saturated rings. The van der Waals surface area contributed by atoms with Crippen LogP contribution >= 0.6 is 0 Å². The average molecular weight is 355 g/mol. The van der Waals surface area contributed by atoms with E-state index in [4.69, 9.17) is 0 Å². The molecule has 2 aromatic rings. The molecule has 2 heterocycles. The lowest BCUT2D eigenvalue weighted by atomic mass is 10.1. The van der Waals surface area contributed by atoms with Gasteiger partial charge >= 0.3 is 0 Å². The van der Waals surface area contributed by atoms with Crippen LogP contribution in [0.15, 0.2) is 36.4 Å². The van der Waals surface area contributed by atoms with Crippen molar-refractivity contribution in [3.05, 3.63) is 64.7 Å². The summed E-state index contributed by atoms with van der Waals surface area (Å²) in [5.74, 6) is -0.668. The van der Waals surface area contributed by atoms with Crippen LogP contribution in [0.2, 0.25) is 0 Å². The molecule has 0 aliphatic carbocycles. The predicted octanol–water partition coefficient (Wildman–Crippen LogP) is 3.14. The Morgan fingerprint density at radius 2 is 2.12 bits per heavy atom. The van der Waals surface area contributed by atoms with E-state index in [1.54, 1.807) is 24.0 Å². The van der Waals surface area contributed by atoms with Crippen LogP contribution in [0.3, 0.4) is 0 Å². The molecule has 0 radical (unpaired) electrons. The van der Waals surface area contributed by atoms with Crippen LogP contribution in [0.1, 0.15) is 53.1 Å². The summed E-state index contributed by atoms with van der Waals surface area (Å²) in [6.07, 6.45) is 1.69. The lowest BCUT2D eigenvalue weighted by Crippen LogP contribution is -2.31. The maximum atomic E-state index is 13.8. The largest absolute Gasteiger partial charge is 0.351 e. The molecule has 5 nitrogen and oxygen atoms in total. The molecule has 0 unspecified atom stereocenters. The molecule has 1 aliphatic rings. The molecule has 0 spiro atoms. The smallest absolute Gasteiger partial charge is 0.254 e. The second-order valence-electron chi connectivity index (χ2n) is 6.58. The minimum atomic E-state index is -0.373. The van der Waals surface area contributed by atoms with Gasteiger partial charge in [-0.3, -0.25) is 14.6 Å². The Balaban J connectivity index is 1.81. The number of amides is 2. The minimum Gasteiger partial charge on any atom is -0.351 e. The van der Waals surface area contributed by atoms with Crippen molar-refractivity contribution in [1.29, 1.82) is 0 Å². The Morgan fingerprint density at radius 3 is 2.85 bits per heavy atom. The summed E-state index contributed by atoms with van der Waals surface area (Å²) in [7, 11) is 0. The summed E-state index contributed by atoms with van der Waals surface area (Å²) in [4.78, 5) is 30.3. The average Bonchev–Trinajstić information content (AvgIpc) is 3.11. The van der Waals surface area contributed by atoms with Crippen LogP contribution in [0, 0.1) is 12.7 Å². The van der Waals surface area contributed by atoms with E-state index in [2.05, 4.69) is 10.3 Å². The minimum absolute atomic E-state index is 0.115. The standard InChI is InChI=1S/C20H22FN3O2/c1-13-8-9-15(11-17(13)21)20(26)24-10-4-7-19(24)18-6-3-5-16(23-18)12-22-14(2)25/h3,5-6,8-9,11,19H,4,7,10,12H2,1-2H3,(H,22,25)/t19-/m1/s1. The number of carbonyl (C=O) groups is 2. The van der Waals surface area contributed by atoms with Crippen molar-refractivity contribution >= 4 is 11.8 Å². The first-order valence-electron chi connectivity index (χ1n) is 8.73. The quantitative estimate of drug-likeness (QED) is 0.916. The number of aromatic nitrogens is 1. The zero-order valence-electron chi connectivity index (χ0n) is 15.0. The Kier molecular flexibility index (Phi) is 5.30. The number of nitrogens with zero attached hydrogens (tertiary/aromatic N) is 2. The van der Waals surface area contributed by atoms with E-state index in [9.17, 15) is 14.0 Å². The van der Waals surface area contributed by atoms with E-state index in [-0.39, 0.29) is 23.7 Å². The highest BCUT2D eigenvalue weighted by molar-refractivity contribution is 5.94. The summed E-state index contributed by atoms with van der Waals surface area (Å²) in [6.45, 7) is 4.11. The Bertz CT molecular complexity index is 838. The normalized spacial score (nSPS) is 16.6. The number of nitrogens with one attached hydrogen (secondary N) is 1. The first-order valence-corrected chi connectivity index (χ1v) is 8.73. The van der Waals surface area contributed by atoms with Gasteiger partial charge in [-0.1, -0.05) is 12.1 Å². The topological polar surface area (TPSA) is 62.3 Å². The van der Waals surface area contributed by atoms with Crippen LogP contribution in [0.4, 0.5) is 4.39 Å². The van der Waals surface area contributed by atoms with Gasteiger partial charge in [0.15, 0.2) is 0 Å². The summed E-state index contributed by atoms with van der Waals surface area (Å²) >= 11 is 0. The molecule has 1 aromatic heterocycles. The fraction of sp³-hybridized carbons (Fsp3) is 0.350. The molecule has 1 saturated heterocycles. The van der Waals surface area contributed by atoms with E-state index in [0.717, 1.165) is 24.2 Å². The first-order chi connectivity index (χ1) is 12.5. The van der Waals surface area contributed by atoms with Gasteiger partial charge in [0.1, 0.15) is 5.82 Å². The molecule has 0 bridgehead atoms. The maximum absolute atomic E-state index is 13.8.